The average Bonchev–Trinajstić information content (AvgIpc) is 2.77. The lowest BCUT2D eigenvalue weighted by atomic mass is 9.54. The van der Waals surface area contributed by atoms with E-state index >= 15 is 0 Å². The molecule has 4 atom stereocenters. The van der Waals surface area contributed by atoms with Crippen molar-refractivity contribution < 1.29 is 20.1 Å². The van der Waals surface area contributed by atoms with Gasteiger partial charge in [0.15, 0.2) is 0 Å². The predicted octanol–water partition coefficient (Wildman–Crippen LogP) is 3.49. The first-order valence-corrected chi connectivity index (χ1v) is 10.2. The highest BCUT2D eigenvalue weighted by molar-refractivity contribution is 5.84. The number of fused-ring (bicyclic) bond motifs is 1. The second kappa shape index (κ2) is 8.12. The summed E-state index contributed by atoms with van der Waals surface area (Å²) < 4.78 is 0. The molecule has 0 spiro atoms. The van der Waals surface area contributed by atoms with Crippen LogP contribution >= 0.6 is 0 Å². The number of hydrogen-bond donors (Lipinski definition) is 3. The normalized spacial score (nSPS) is 37.3. The van der Waals surface area contributed by atoms with Crippen LogP contribution in [0.15, 0.2) is 11.6 Å². The summed E-state index contributed by atoms with van der Waals surface area (Å²) in [7, 11) is 0. The van der Waals surface area contributed by atoms with E-state index in [0.717, 1.165) is 44.1 Å². The number of carbonyl (C=O) groups excluding carboxylic acids is 1. The molecule has 4 nitrogen and oxygen atoms in total. The minimum atomic E-state index is -0.369. The molecule has 3 N–H and O–H groups in total. The summed E-state index contributed by atoms with van der Waals surface area (Å²) in [5.74, 6) is 0.719. The maximum absolute atomic E-state index is 13.1. The van der Waals surface area contributed by atoms with Gasteiger partial charge in [0.25, 0.3) is 0 Å². The van der Waals surface area contributed by atoms with Crippen molar-refractivity contribution in [2.75, 3.05) is 19.8 Å². The van der Waals surface area contributed by atoms with Crippen LogP contribution in [0, 0.1) is 28.1 Å². The minimum absolute atomic E-state index is 0.0636. The van der Waals surface area contributed by atoms with Crippen molar-refractivity contribution in [1.29, 1.82) is 0 Å². The predicted molar refractivity (Wildman–Crippen MR) is 104 cm³/mol. The van der Waals surface area contributed by atoms with Crippen molar-refractivity contribution in [3.63, 3.8) is 0 Å². The monoisotopic (exact) mass is 366 g/mol. The van der Waals surface area contributed by atoms with Crippen LogP contribution in [-0.2, 0) is 4.79 Å². The van der Waals surface area contributed by atoms with Crippen molar-refractivity contribution in [2.24, 2.45) is 28.1 Å². The molecule has 0 aliphatic heterocycles. The first kappa shape index (κ1) is 21.6. The fraction of sp³-hybridized carbons (Fsp3) is 0.864. The first-order chi connectivity index (χ1) is 12.2. The van der Waals surface area contributed by atoms with Gasteiger partial charge in [-0.3, -0.25) is 4.79 Å². The van der Waals surface area contributed by atoms with Crippen molar-refractivity contribution in [2.45, 2.75) is 72.6 Å². The van der Waals surface area contributed by atoms with E-state index in [0.29, 0.717) is 6.42 Å². The van der Waals surface area contributed by atoms with Gasteiger partial charge in [-0.25, -0.2) is 0 Å². The molecule has 0 amide bonds. The van der Waals surface area contributed by atoms with E-state index in [1.165, 1.54) is 0 Å². The number of aliphatic hydroxyl groups excluding tert-OH is 3. The highest BCUT2D eigenvalue weighted by atomic mass is 16.3. The molecular formula is C22H38O4. The molecule has 2 aliphatic rings. The van der Waals surface area contributed by atoms with Crippen molar-refractivity contribution in [3.05, 3.63) is 11.6 Å². The van der Waals surface area contributed by atoms with Crippen LogP contribution in [0.1, 0.15) is 72.6 Å². The average molecular weight is 367 g/mol. The van der Waals surface area contributed by atoms with Gasteiger partial charge in [-0.05, 0) is 61.9 Å². The van der Waals surface area contributed by atoms with Crippen LogP contribution in [0.2, 0.25) is 0 Å². The summed E-state index contributed by atoms with van der Waals surface area (Å²) in [6.45, 7) is 8.39. The second-order valence-corrected chi connectivity index (χ2v) is 9.41. The Kier molecular flexibility index (Phi) is 6.74. The Morgan fingerprint density at radius 2 is 1.88 bits per heavy atom. The molecular weight excluding hydrogens is 328 g/mol. The first-order valence-electron chi connectivity index (χ1n) is 10.2. The number of Topliss-reactive ketones (excluding diaryl/α,β-unsaturated/α-hetero) is 1. The SMILES string of the molecule is CC(=O)C12CC(C)C(CO)(CCC(=CCO)CO)C1CCCCC2(C)C. The summed E-state index contributed by atoms with van der Waals surface area (Å²) in [6.07, 6.45) is 8.23. The topological polar surface area (TPSA) is 77.8 Å². The lowest BCUT2D eigenvalue weighted by molar-refractivity contribution is -0.140. The number of aliphatic hydroxyl groups is 3. The second-order valence-electron chi connectivity index (χ2n) is 9.41. The van der Waals surface area contributed by atoms with E-state index in [1.807, 2.05) is 0 Å². The van der Waals surface area contributed by atoms with Gasteiger partial charge in [0.1, 0.15) is 5.78 Å². The molecule has 2 aliphatic carbocycles. The van der Waals surface area contributed by atoms with E-state index in [4.69, 9.17) is 5.11 Å². The fourth-order valence-corrected chi connectivity index (χ4v) is 6.48. The van der Waals surface area contributed by atoms with Crippen molar-refractivity contribution in [1.82, 2.24) is 0 Å². The molecule has 26 heavy (non-hydrogen) atoms. The number of ketones is 1. The third-order valence-corrected chi connectivity index (χ3v) is 8.07. The van der Waals surface area contributed by atoms with E-state index in [1.54, 1.807) is 13.0 Å². The zero-order chi connectivity index (χ0) is 19.6. The molecule has 4 heteroatoms. The van der Waals surface area contributed by atoms with E-state index in [9.17, 15) is 15.0 Å². The van der Waals surface area contributed by atoms with E-state index < -0.39 is 0 Å². The lowest BCUT2D eigenvalue weighted by Crippen LogP contribution is -2.49. The molecule has 0 saturated heterocycles. The van der Waals surface area contributed by atoms with Crippen LogP contribution in [-0.4, -0.2) is 40.9 Å². The maximum atomic E-state index is 13.1. The highest BCUT2D eigenvalue weighted by Gasteiger charge is 2.66. The fourth-order valence-electron chi connectivity index (χ4n) is 6.48. The smallest absolute Gasteiger partial charge is 0.136 e. The quantitative estimate of drug-likeness (QED) is 0.603. The third kappa shape index (κ3) is 3.29. The Labute approximate surface area is 158 Å². The Bertz CT molecular complexity index is 538. The van der Waals surface area contributed by atoms with Gasteiger partial charge in [0.2, 0.25) is 0 Å². The van der Waals surface area contributed by atoms with Gasteiger partial charge in [-0.15, -0.1) is 0 Å². The molecule has 2 fully saturated rings. The molecule has 2 saturated carbocycles. The molecule has 2 rings (SSSR count). The van der Waals surface area contributed by atoms with Crippen molar-refractivity contribution in [3.8, 4) is 0 Å². The largest absolute Gasteiger partial charge is 0.396 e. The Hall–Kier alpha value is -0.710. The van der Waals surface area contributed by atoms with Gasteiger partial charge in [0, 0.05) is 17.4 Å². The standard InChI is InChI=1S/C22H38O4/c1-16-13-22(17(2)26)19(7-5-6-10-20(22,3)4)21(16,15-25)11-8-18(14-24)9-12-23/h9,16,19,23-25H,5-8,10-15H2,1-4H3. The summed E-state index contributed by atoms with van der Waals surface area (Å²) in [5.41, 5.74) is 0.0926. The van der Waals surface area contributed by atoms with Crippen LogP contribution in [0.4, 0.5) is 0 Å². The van der Waals surface area contributed by atoms with Crippen LogP contribution < -0.4 is 0 Å². The summed E-state index contributed by atoms with van der Waals surface area (Å²) in [5, 5.41) is 29.3. The van der Waals surface area contributed by atoms with E-state index in [-0.39, 0.29) is 53.7 Å². The summed E-state index contributed by atoms with van der Waals surface area (Å²) in [6, 6.07) is 0. The van der Waals surface area contributed by atoms with Gasteiger partial charge in [-0.2, -0.15) is 0 Å². The van der Waals surface area contributed by atoms with Gasteiger partial charge in [-0.1, -0.05) is 39.7 Å². The third-order valence-electron chi connectivity index (χ3n) is 8.07. The molecule has 0 bridgehead atoms. The summed E-state index contributed by atoms with van der Waals surface area (Å²) >= 11 is 0. The zero-order valence-corrected chi connectivity index (χ0v) is 17.1. The Morgan fingerprint density at radius 1 is 1.19 bits per heavy atom. The minimum Gasteiger partial charge on any atom is -0.396 e. The van der Waals surface area contributed by atoms with Gasteiger partial charge >= 0.3 is 0 Å². The summed E-state index contributed by atoms with van der Waals surface area (Å²) in [4.78, 5) is 13.1. The highest BCUT2D eigenvalue weighted by Crippen LogP contribution is 2.69. The number of rotatable bonds is 7. The molecule has 150 valence electrons. The Morgan fingerprint density at radius 3 is 2.42 bits per heavy atom. The van der Waals surface area contributed by atoms with Crippen LogP contribution in [0.3, 0.4) is 0 Å². The zero-order valence-electron chi connectivity index (χ0n) is 17.1. The van der Waals surface area contributed by atoms with Gasteiger partial charge < -0.3 is 15.3 Å². The van der Waals surface area contributed by atoms with Crippen molar-refractivity contribution >= 4 is 5.78 Å². The van der Waals surface area contributed by atoms with Crippen LogP contribution in [0.25, 0.3) is 0 Å². The molecule has 0 aromatic carbocycles. The molecule has 0 radical (unpaired) electrons. The number of hydrogen-bond acceptors (Lipinski definition) is 4. The Balaban J connectivity index is 2.46. The molecule has 0 heterocycles. The number of carbonyl (C=O) groups is 1. The maximum Gasteiger partial charge on any atom is 0.136 e. The molecule has 0 aromatic heterocycles. The molecule has 0 aromatic rings. The lowest BCUT2D eigenvalue weighted by Gasteiger charge is -2.49. The van der Waals surface area contributed by atoms with Crippen LogP contribution in [0.5, 0.6) is 0 Å². The van der Waals surface area contributed by atoms with Gasteiger partial charge in [0.05, 0.1) is 13.2 Å². The van der Waals surface area contributed by atoms with E-state index in [2.05, 4.69) is 20.8 Å². The molecule has 4 unspecified atom stereocenters.